The molecule has 0 fully saturated rings. The van der Waals surface area contributed by atoms with Crippen molar-refractivity contribution in [2.24, 2.45) is 12.8 Å². The molecule has 0 amide bonds. The summed E-state index contributed by atoms with van der Waals surface area (Å²) < 4.78 is 0. The van der Waals surface area contributed by atoms with Crippen molar-refractivity contribution in [3.63, 3.8) is 0 Å². The molecule has 2 aromatic carbocycles. The number of hydrogen-bond donors (Lipinski definition) is 2. The zero-order chi connectivity index (χ0) is 24.5. The smallest absolute Gasteiger partial charge is 0.204 e. The summed E-state index contributed by atoms with van der Waals surface area (Å²) in [6.07, 6.45) is 5.18. The molecule has 1 aliphatic carbocycles. The molecule has 9 heteroatoms. The summed E-state index contributed by atoms with van der Waals surface area (Å²) in [5.41, 5.74) is 14.0. The summed E-state index contributed by atoms with van der Waals surface area (Å²) in [7, 11) is 1.76. The summed E-state index contributed by atoms with van der Waals surface area (Å²) in [6, 6.07) is 18.9. The number of aryl methyl sites for hydroxylation is 2. The predicted molar refractivity (Wildman–Crippen MR) is 137 cm³/mol. The van der Waals surface area contributed by atoms with Crippen molar-refractivity contribution in [2.75, 3.05) is 0 Å². The highest BCUT2D eigenvalue weighted by Gasteiger charge is 2.28. The Bertz CT molecular complexity index is 1470. The average Bonchev–Trinajstić information content (AvgIpc) is 3.53. The molecule has 0 radical (unpaired) electrons. The number of para-hydroxylation sites is 2. The van der Waals surface area contributed by atoms with Gasteiger partial charge >= 0.3 is 0 Å². The van der Waals surface area contributed by atoms with Gasteiger partial charge in [0.25, 0.3) is 0 Å². The second kappa shape index (κ2) is 9.60. The molecule has 6 rings (SSSR count). The number of imidazole rings is 1. The van der Waals surface area contributed by atoms with E-state index in [1.54, 1.807) is 7.05 Å². The van der Waals surface area contributed by atoms with Crippen molar-refractivity contribution in [1.82, 2.24) is 40.1 Å². The van der Waals surface area contributed by atoms with Gasteiger partial charge in [0.2, 0.25) is 5.82 Å². The van der Waals surface area contributed by atoms with Crippen LogP contribution >= 0.6 is 0 Å². The van der Waals surface area contributed by atoms with E-state index in [9.17, 15) is 0 Å². The number of nitrogens with one attached hydrogen (secondary N) is 1. The van der Waals surface area contributed by atoms with Crippen molar-refractivity contribution in [2.45, 2.75) is 44.9 Å². The highest BCUT2D eigenvalue weighted by Crippen LogP contribution is 2.35. The van der Waals surface area contributed by atoms with E-state index < -0.39 is 0 Å². The molecule has 9 nitrogen and oxygen atoms in total. The lowest BCUT2D eigenvalue weighted by atomic mass is 9.90. The maximum absolute atomic E-state index is 6.23. The molecule has 3 heterocycles. The molecular weight excluding hydrogens is 450 g/mol. The Morgan fingerprint density at radius 3 is 2.83 bits per heavy atom. The minimum absolute atomic E-state index is 0.204. The fourth-order valence-corrected chi connectivity index (χ4v) is 5.22. The van der Waals surface area contributed by atoms with Crippen LogP contribution in [0.2, 0.25) is 0 Å². The van der Waals surface area contributed by atoms with Crippen LogP contribution in [-0.4, -0.2) is 40.1 Å². The van der Waals surface area contributed by atoms with Crippen LogP contribution in [0.4, 0.5) is 0 Å². The van der Waals surface area contributed by atoms with E-state index in [1.807, 2.05) is 30.5 Å². The van der Waals surface area contributed by atoms with Crippen molar-refractivity contribution in [3.05, 3.63) is 89.0 Å². The van der Waals surface area contributed by atoms with E-state index in [4.69, 9.17) is 15.7 Å². The highest BCUT2D eigenvalue weighted by atomic mass is 15.6. The van der Waals surface area contributed by atoms with Crippen LogP contribution in [0.3, 0.4) is 0 Å². The molecule has 0 saturated heterocycles. The lowest BCUT2D eigenvalue weighted by molar-refractivity contribution is 0.153. The normalized spacial score (nSPS) is 15.5. The number of hydrogen-bond acceptors (Lipinski definition) is 7. The van der Waals surface area contributed by atoms with Crippen LogP contribution in [0.25, 0.3) is 22.4 Å². The Kier molecular flexibility index (Phi) is 6.00. The first-order valence-electron chi connectivity index (χ1n) is 12.4. The highest BCUT2D eigenvalue weighted by molar-refractivity contribution is 5.74. The zero-order valence-electron chi connectivity index (χ0n) is 20.3. The van der Waals surface area contributed by atoms with Crippen molar-refractivity contribution in [1.29, 1.82) is 0 Å². The van der Waals surface area contributed by atoms with E-state index in [1.165, 1.54) is 21.6 Å². The fraction of sp³-hybridized carbons (Fsp3) is 0.296. The molecule has 0 bridgehead atoms. The maximum atomic E-state index is 6.23. The largest absolute Gasteiger partial charge is 0.341 e. The summed E-state index contributed by atoms with van der Waals surface area (Å²) >= 11 is 0. The lowest BCUT2D eigenvalue weighted by Crippen LogP contribution is -2.32. The average molecular weight is 480 g/mol. The van der Waals surface area contributed by atoms with Crippen LogP contribution in [-0.2, 0) is 33.1 Å². The number of rotatable bonds is 7. The van der Waals surface area contributed by atoms with Gasteiger partial charge in [-0.3, -0.25) is 9.88 Å². The van der Waals surface area contributed by atoms with Gasteiger partial charge in [-0.1, -0.05) is 30.3 Å². The summed E-state index contributed by atoms with van der Waals surface area (Å²) in [5, 5.41) is 12.5. The molecule has 0 spiro atoms. The van der Waals surface area contributed by atoms with E-state index in [2.05, 4.69) is 55.6 Å². The van der Waals surface area contributed by atoms with Crippen LogP contribution in [0.1, 0.15) is 47.1 Å². The van der Waals surface area contributed by atoms with Gasteiger partial charge in [-0.15, -0.1) is 10.2 Å². The summed E-state index contributed by atoms with van der Waals surface area (Å²) in [4.78, 5) is 17.2. The Labute approximate surface area is 209 Å². The van der Waals surface area contributed by atoms with Gasteiger partial charge in [0, 0.05) is 24.8 Å². The predicted octanol–water partition coefficient (Wildman–Crippen LogP) is 3.69. The summed E-state index contributed by atoms with van der Waals surface area (Å²) in [6.45, 7) is 1.85. The Balaban J connectivity index is 1.36. The minimum atomic E-state index is 0.204. The quantitative estimate of drug-likeness (QED) is 0.366. The van der Waals surface area contributed by atoms with Gasteiger partial charge in [0.1, 0.15) is 5.82 Å². The number of fused-ring (bicyclic) bond motifs is 2. The molecule has 1 atom stereocenters. The molecule has 5 aromatic rings. The number of aromatic nitrogens is 7. The van der Waals surface area contributed by atoms with Gasteiger partial charge in [0.05, 0.1) is 36.4 Å². The van der Waals surface area contributed by atoms with Gasteiger partial charge in [-0.05, 0) is 65.4 Å². The monoisotopic (exact) mass is 479 g/mol. The van der Waals surface area contributed by atoms with Crippen LogP contribution in [0.15, 0.2) is 60.8 Å². The van der Waals surface area contributed by atoms with Crippen LogP contribution in [0, 0.1) is 0 Å². The van der Waals surface area contributed by atoms with Crippen LogP contribution in [0.5, 0.6) is 0 Å². The Hall–Kier alpha value is -3.95. The third kappa shape index (κ3) is 4.38. The maximum Gasteiger partial charge on any atom is 0.204 e. The van der Waals surface area contributed by atoms with E-state index in [0.717, 1.165) is 53.8 Å². The Morgan fingerprint density at radius 1 is 1.08 bits per heavy atom. The van der Waals surface area contributed by atoms with E-state index in [0.29, 0.717) is 18.9 Å². The summed E-state index contributed by atoms with van der Waals surface area (Å²) in [5.74, 6) is 1.55. The van der Waals surface area contributed by atoms with Crippen molar-refractivity contribution < 1.29 is 0 Å². The second-order valence-corrected chi connectivity index (χ2v) is 9.35. The first-order valence-corrected chi connectivity index (χ1v) is 12.4. The van der Waals surface area contributed by atoms with Gasteiger partial charge in [-0.2, -0.15) is 4.80 Å². The molecule has 36 heavy (non-hydrogen) atoms. The second-order valence-electron chi connectivity index (χ2n) is 9.35. The first kappa shape index (κ1) is 22.5. The van der Waals surface area contributed by atoms with Gasteiger partial charge in [-0.25, -0.2) is 4.98 Å². The molecule has 3 N–H and O–H groups in total. The molecule has 3 aromatic heterocycles. The topological polar surface area (TPSA) is 114 Å². The zero-order valence-corrected chi connectivity index (χ0v) is 20.3. The SMILES string of the molecule is Cn1nnc(-c2ccc(CN(Cc3nc4ccccc4[nH]3)C3CCCc4cccnc43)c(CN)c2)n1. The number of H-pyrrole nitrogens is 1. The van der Waals surface area contributed by atoms with Gasteiger partial charge < -0.3 is 10.7 Å². The molecule has 1 aliphatic rings. The van der Waals surface area contributed by atoms with Crippen molar-refractivity contribution in [3.8, 4) is 11.4 Å². The number of benzene rings is 2. The molecular formula is C27H29N9. The lowest BCUT2D eigenvalue weighted by Gasteiger charge is -2.35. The number of aromatic amines is 1. The first-order chi connectivity index (χ1) is 17.7. The fourth-order valence-electron chi connectivity index (χ4n) is 5.22. The van der Waals surface area contributed by atoms with Gasteiger partial charge in [0.15, 0.2) is 0 Å². The van der Waals surface area contributed by atoms with Crippen LogP contribution < -0.4 is 5.73 Å². The molecule has 182 valence electrons. The third-order valence-corrected chi connectivity index (χ3v) is 6.96. The molecule has 0 aliphatic heterocycles. The number of nitrogens with zero attached hydrogens (tertiary/aromatic N) is 7. The number of tetrazole rings is 1. The van der Waals surface area contributed by atoms with Crippen molar-refractivity contribution >= 4 is 11.0 Å². The van der Waals surface area contributed by atoms with E-state index >= 15 is 0 Å². The molecule has 0 saturated carbocycles. The Morgan fingerprint density at radius 2 is 2.00 bits per heavy atom. The third-order valence-electron chi connectivity index (χ3n) is 6.96. The van der Waals surface area contributed by atoms with E-state index in [-0.39, 0.29) is 6.04 Å². The standard InChI is InChI=1S/C27H29N9/c1-35-33-27(32-34-35)19-11-12-20(21(14-19)15-28)16-36(17-25-30-22-8-2-3-9-23(22)31-25)24-10-4-6-18-7-5-13-29-26(18)24/h2-3,5,7-9,11-14,24H,4,6,10,15-17,28H2,1H3,(H,30,31). The minimum Gasteiger partial charge on any atom is -0.341 e. The molecule has 1 unspecified atom stereocenters. The number of nitrogens with two attached hydrogens (primary N) is 1. The number of pyridine rings is 1.